The van der Waals surface area contributed by atoms with Crippen LogP contribution in [0.1, 0.15) is 66.1 Å². The van der Waals surface area contributed by atoms with Gasteiger partial charge in [0.05, 0.1) is 25.2 Å². The number of amides is 2. The molecule has 1 aromatic heterocycles. The van der Waals surface area contributed by atoms with Gasteiger partial charge in [-0.25, -0.2) is 14.4 Å². The minimum atomic E-state index is -1.19. The minimum Gasteiger partial charge on any atom is -0.475 e. The molecule has 2 amide bonds. The number of carbonyl (C=O) groups excluding carboxylic acids is 2. The Bertz CT molecular complexity index is 1430. The molecule has 5 rings (SSSR count). The van der Waals surface area contributed by atoms with Gasteiger partial charge in [-0.3, -0.25) is 4.90 Å². The van der Waals surface area contributed by atoms with Crippen LogP contribution in [0, 0.1) is 6.92 Å². The number of hydrogen-bond acceptors (Lipinski definition) is 7. The van der Waals surface area contributed by atoms with Crippen LogP contribution in [-0.2, 0) is 20.8 Å². The second-order valence-corrected chi connectivity index (χ2v) is 11.6. The third kappa shape index (κ3) is 6.28. The van der Waals surface area contributed by atoms with Crippen LogP contribution in [0.5, 0.6) is 0 Å². The number of carbonyl (C=O) groups is 3. The summed E-state index contributed by atoms with van der Waals surface area (Å²) in [6.07, 6.45) is -0.820. The molecule has 1 aliphatic heterocycles. The van der Waals surface area contributed by atoms with Crippen LogP contribution in [0.25, 0.3) is 11.1 Å². The first-order chi connectivity index (χ1) is 20.0. The highest BCUT2D eigenvalue weighted by Crippen LogP contribution is 2.44. The van der Waals surface area contributed by atoms with Crippen LogP contribution >= 0.6 is 0 Å². The highest BCUT2D eigenvalue weighted by molar-refractivity contribution is 5.86. The molecule has 1 aliphatic carbocycles. The van der Waals surface area contributed by atoms with Crippen molar-refractivity contribution >= 4 is 18.2 Å². The fourth-order valence-electron chi connectivity index (χ4n) is 5.70. The second kappa shape index (κ2) is 11.9. The van der Waals surface area contributed by atoms with Crippen LogP contribution in [0.2, 0.25) is 0 Å². The van der Waals surface area contributed by atoms with Crippen molar-refractivity contribution in [2.24, 2.45) is 0 Å². The summed E-state index contributed by atoms with van der Waals surface area (Å²) in [5.74, 6) is -1.23. The summed E-state index contributed by atoms with van der Waals surface area (Å²) in [6.45, 7) is 7.51. The third-order valence-corrected chi connectivity index (χ3v) is 7.48. The molecule has 10 nitrogen and oxygen atoms in total. The van der Waals surface area contributed by atoms with Crippen molar-refractivity contribution in [3.05, 3.63) is 82.8 Å². The highest BCUT2D eigenvalue weighted by Gasteiger charge is 2.38. The molecule has 0 saturated carbocycles. The lowest BCUT2D eigenvalue weighted by atomic mass is 9.98. The monoisotopic (exact) mass is 576 g/mol. The molecular weight excluding hydrogens is 540 g/mol. The van der Waals surface area contributed by atoms with Crippen molar-refractivity contribution in [2.75, 3.05) is 19.8 Å². The summed E-state index contributed by atoms with van der Waals surface area (Å²) in [4.78, 5) is 39.7. The lowest BCUT2D eigenvalue weighted by Crippen LogP contribution is -2.58. The van der Waals surface area contributed by atoms with E-state index in [1.54, 1.807) is 33.8 Å². The average molecular weight is 577 g/mol. The second-order valence-electron chi connectivity index (χ2n) is 11.6. The van der Waals surface area contributed by atoms with Gasteiger partial charge in [-0.1, -0.05) is 48.5 Å². The van der Waals surface area contributed by atoms with E-state index in [4.69, 9.17) is 18.6 Å². The Morgan fingerprint density at radius 3 is 2.29 bits per heavy atom. The number of benzene rings is 2. The smallest absolute Gasteiger partial charge is 0.410 e. The van der Waals surface area contributed by atoms with Gasteiger partial charge in [0.2, 0.25) is 5.76 Å². The molecule has 1 saturated heterocycles. The van der Waals surface area contributed by atoms with E-state index in [9.17, 15) is 19.5 Å². The van der Waals surface area contributed by atoms with Crippen molar-refractivity contribution < 1.29 is 38.1 Å². The molecule has 222 valence electrons. The normalized spacial score (nSPS) is 18.1. The fraction of sp³-hybridized carbons (Fsp3) is 0.406. The number of carboxylic acid groups (broad SMARTS) is 1. The Hall–Kier alpha value is -4.31. The molecule has 1 fully saturated rings. The van der Waals surface area contributed by atoms with E-state index >= 15 is 0 Å². The highest BCUT2D eigenvalue weighted by atomic mass is 16.6. The largest absolute Gasteiger partial charge is 0.475 e. The number of ether oxygens (including phenoxy) is 3. The quantitative estimate of drug-likeness (QED) is 0.366. The summed E-state index contributed by atoms with van der Waals surface area (Å²) in [7, 11) is 0. The zero-order valence-corrected chi connectivity index (χ0v) is 24.2. The summed E-state index contributed by atoms with van der Waals surface area (Å²) in [5.41, 5.74) is 4.14. The van der Waals surface area contributed by atoms with Crippen LogP contribution < -0.4 is 5.32 Å². The van der Waals surface area contributed by atoms with Gasteiger partial charge in [0.25, 0.3) is 0 Å². The van der Waals surface area contributed by atoms with Gasteiger partial charge >= 0.3 is 18.2 Å². The lowest BCUT2D eigenvalue weighted by molar-refractivity contribution is -0.00851. The van der Waals surface area contributed by atoms with Crippen molar-refractivity contribution in [3.8, 4) is 11.1 Å². The number of alkyl carbamates (subject to hydrolysis) is 1. The van der Waals surface area contributed by atoms with E-state index in [-0.39, 0.29) is 31.4 Å². The van der Waals surface area contributed by atoms with Crippen LogP contribution in [0.4, 0.5) is 9.59 Å². The van der Waals surface area contributed by atoms with Gasteiger partial charge in [0, 0.05) is 18.1 Å². The molecule has 2 aliphatic rings. The number of rotatable bonds is 7. The Kier molecular flexibility index (Phi) is 8.27. The van der Waals surface area contributed by atoms with Gasteiger partial charge in [-0.2, -0.15) is 0 Å². The first-order valence-electron chi connectivity index (χ1n) is 14.0. The SMILES string of the molecule is Cc1cc(CN(C(=O)OCC2c3ccccc3-c3ccccc32)[C@H]2CCOC[C@H]2NC(=O)OC(C)(C)C)oc1C(=O)O. The number of fused-ring (bicyclic) bond motifs is 3. The minimum absolute atomic E-state index is 0.0536. The summed E-state index contributed by atoms with van der Waals surface area (Å²) >= 11 is 0. The number of furan rings is 1. The van der Waals surface area contributed by atoms with E-state index in [1.165, 1.54) is 4.90 Å². The molecule has 0 spiro atoms. The number of nitrogens with zero attached hydrogens (tertiary/aromatic N) is 1. The molecule has 0 bridgehead atoms. The number of aryl methyl sites for hydroxylation is 1. The standard InChI is InChI=1S/C32H36N2O8/c1-19-15-20(41-28(19)29(35)36)16-34(27-13-14-39-18-26(27)33-30(37)42-32(2,3)4)31(38)40-17-25-23-11-7-5-9-21(23)22-10-6-8-12-24(22)25/h5-12,15,25-27H,13-14,16-18H2,1-4H3,(H,33,37)(H,35,36)/t26-,27+/m1/s1. The topological polar surface area (TPSA) is 128 Å². The Labute approximate surface area is 244 Å². The molecule has 2 heterocycles. The van der Waals surface area contributed by atoms with E-state index < -0.39 is 35.8 Å². The Morgan fingerprint density at radius 1 is 1.05 bits per heavy atom. The van der Waals surface area contributed by atoms with Crippen molar-refractivity contribution in [1.82, 2.24) is 10.2 Å². The predicted molar refractivity (Wildman–Crippen MR) is 153 cm³/mol. The number of aromatic carboxylic acids is 1. The molecule has 10 heteroatoms. The zero-order valence-electron chi connectivity index (χ0n) is 24.2. The molecule has 2 atom stereocenters. The summed E-state index contributed by atoms with van der Waals surface area (Å²) in [5, 5.41) is 12.3. The first-order valence-corrected chi connectivity index (χ1v) is 14.0. The van der Waals surface area contributed by atoms with Gasteiger partial charge in [0.1, 0.15) is 18.0 Å². The summed E-state index contributed by atoms with van der Waals surface area (Å²) < 4.78 is 22.7. The van der Waals surface area contributed by atoms with Crippen LogP contribution in [0.15, 0.2) is 59.0 Å². The number of hydrogen-bond donors (Lipinski definition) is 2. The lowest BCUT2D eigenvalue weighted by Gasteiger charge is -2.39. The van der Waals surface area contributed by atoms with E-state index in [0.717, 1.165) is 22.3 Å². The molecule has 3 aromatic rings. The van der Waals surface area contributed by atoms with E-state index in [0.29, 0.717) is 24.4 Å². The Morgan fingerprint density at radius 2 is 1.69 bits per heavy atom. The molecule has 0 unspecified atom stereocenters. The van der Waals surface area contributed by atoms with Gasteiger partial charge < -0.3 is 29.1 Å². The first kappa shape index (κ1) is 29.2. The molecule has 42 heavy (non-hydrogen) atoms. The van der Waals surface area contributed by atoms with Gasteiger partial charge in [-0.15, -0.1) is 0 Å². The number of nitrogens with one attached hydrogen (secondary N) is 1. The number of carboxylic acids is 1. The maximum absolute atomic E-state index is 13.9. The summed E-state index contributed by atoms with van der Waals surface area (Å²) in [6, 6.07) is 16.6. The predicted octanol–water partition coefficient (Wildman–Crippen LogP) is 5.72. The van der Waals surface area contributed by atoms with Gasteiger partial charge in [-0.05, 0) is 62.4 Å². The molecular formula is C32H36N2O8. The van der Waals surface area contributed by atoms with E-state index in [1.807, 2.05) is 36.4 Å². The van der Waals surface area contributed by atoms with E-state index in [2.05, 4.69) is 17.4 Å². The third-order valence-electron chi connectivity index (χ3n) is 7.48. The van der Waals surface area contributed by atoms with Crippen molar-refractivity contribution in [3.63, 3.8) is 0 Å². The maximum atomic E-state index is 13.9. The molecule has 2 N–H and O–H groups in total. The van der Waals surface area contributed by atoms with Gasteiger partial charge in [0.15, 0.2) is 0 Å². The van der Waals surface area contributed by atoms with Crippen molar-refractivity contribution in [2.45, 2.75) is 64.3 Å². The molecule has 2 aromatic carbocycles. The maximum Gasteiger partial charge on any atom is 0.410 e. The van der Waals surface area contributed by atoms with Crippen LogP contribution in [-0.4, -0.2) is 65.7 Å². The average Bonchev–Trinajstić information content (AvgIpc) is 3.47. The molecule has 0 radical (unpaired) electrons. The zero-order chi connectivity index (χ0) is 30.0. The Balaban J connectivity index is 1.40. The fourth-order valence-corrected chi connectivity index (χ4v) is 5.70. The van der Waals surface area contributed by atoms with Crippen LogP contribution in [0.3, 0.4) is 0 Å². The van der Waals surface area contributed by atoms with Crippen molar-refractivity contribution in [1.29, 1.82) is 0 Å².